The molecule has 5 heteroatoms. The van der Waals surface area contributed by atoms with E-state index in [0.29, 0.717) is 17.6 Å². The number of furan rings is 1. The van der Waals surface area contributed by atoms with Crippen LogP contribution in [-0.4, -0.2) is 22.8 Å². The SMILES string of the molecule is S=C1OC(COCc2ccco2)CS1. The summed E-state index contributed by atoms with van der Waals surface area (Å²) in [4.78, 5) is 0. The van der Waals surface area contributed by atoms with Crippen LogP contribution in [0.2, 0.25) is 0 Å². The minimum absolute atomic E-state index is 0.0995. The Morgan fingerprint density at radius 1 is 1.64 bits per heavy atom. The molecule has 2 rings (SSSR count). The molecule has 0 saturated carbocycles. The molecule has 1 unspecified atom stereocenters. The van der Waals surface area contributed by atoms with Gasteiger partial charge in [-0.15, -0.1) is 0 Å². The molecule has 14 heavy (non-hydrogen) atoms. The smallest absolute Gasteiger partial charge is 0.220 e. The maximum Gasteiger partial charge on any atom is 0.220 e. The second-order valence-electron chi connectivity index (χ2n) is 2.90. The highest BCUT2D eigenvalue weighted by Crippen LogP contribution is 2.20. The van der Waals surface area contributed by atoms with Gasteiger partial charge in [0.05, 0.1) is 12.9 Å². The van der Waals surface area contributed by atoms with Gasteiger partial charge in [-0.25, -0.2) is 0 Å². The number of rotatable bonds is 4. The van der Waals surface area contributed by atoms with Gasteiger partial charge in [0, 0.05) is 5.75 Å². The Balaban J connectivity index is 1.66. The number of thioether (sulfide) groups is 1. The van der Waals surface area contributed by atoms with Crippen LogP contribution in [0.5, 0.6) is 0 Å². The lowest BCUT2D eigenvalue weighted by Gasteiger charge is -2.08. The largest absolute Gasteiger partial charge is 0.472 e. The van der Waals surface area contributed by atoms with Crippen molar-refractivity contribution in [3.8, 4) is 0 Å². The number of ether oxygens (including phenoxy) is 2. The first-order chi connectivity index (χ1) is 6.84. The van der Waals surface area contributed by atoms with Gasteiger partial charge in [0.15, 0.2) is 0 Å². The molecule has 1 aliphatic rings. The molecule has 1 atom stereocenters. The lowest BCUT2D eigenvalue weighted by atomic mass is 10.4. The molecular formula is C9H10O3S2. The zero-order valence-electron chi connectivity index (χ0n) is 7.47. The Kier molecular flexibility index (Phi) is 3.44. The minimum atomic E-state index is 0.0995. The molecule has 1 aliphatic heterocycles. The Bertz CT molecular complexity index is 297. The van der Waals surface area contributed by atoms with E-state index in [4.69, 9.17) is 26.1 Å². The molecule has 76 valence electrons. The number of thiocarbonyl (C=S) groups is 1. The zero-order valence-corrected chi connectivity index (χ0v) is 9.10. The van der Waals surface area contributed by atoms with E-state index < -0.39 is 0 Å². The molecule has 0 radical (unpaired) electrons. The molecule has 1 fully saturated rings. The molecule has 0 aromatic carbocycles. The molecule has 1 aromatic heterocycles. The Morgan fingerprint density at radius 2 is 2.57 bits per heavy atom. The van der Waals surface area contributed by atoms with Crippen molar-refractivity contribution < 1.29 is 13.9 Å². The van der Waals surface area contributed by atoms with Crippen LogP contribution in [0.1, 0.15) is 5.76 Å². The van der Waals surface area contributed by atoms with E-state index in [9.17, 15) is 0 Å². The van der Waals surface area contributed by atoms with Crippen molar-refractivity contribution in [3.05, 3.63) is 24.2 Å². The zero-order chi connectivity index (χ0) is 9.80. The average Bonchev–Trinajstić information content (AvgIpc) is 2.77. The lowest BCUT2D eigenvalue weighted by Crippen LogP contribution is -2.17. The van der Waals surface area contributed by atoms with Crippen LogP contribution in [0.3, 0.4) is 0 Å². The van der Waals surface area contributed by atoms with E-state index in [1.54, 1.807) is 18.0 Å². The molecule has 0 amide bonds. The van der Waals surface area contributed by atoms with Crippen molar-refractivity contribution in [1.29, 1.82) is 0 Å². The summed E-state index contributed by atoms with van der Waals surface area (Å²) in [5.74, 6) is 1.72. The molecule has 0 bridgehead atoms. The maximum absolute atomic E-state index is 5.42. The monoisotopic (exact) mass is 230 g/mol. The van der Waals surface area contributed by atoms with Crippen molar-refractivity contribution in [2.24, 2.45) is 0 Å². The second-order valence-corrected chi connectivity index (χ2v) is 4.52. The van der Waals surface area contributed by atoms with Crippen molar-refractivity contribution in [3.63, 3.8) is 0 Å². The fourth-order valence-electron chi connectivity index (χ4n) is 1.13. The van der Waals surface area contributed by atoms with Gasteiger partial charge < -0.3 is 13.9 Å². The normalized spacial score (nSPS) is 21.1. The third-order valence-corrected chi connectivity index (χ3v) is 3.10. The molecule has 0 N–H and O–H groups in total. The quantitative estimate of drug-likeness (QED) is 0.740. The first-order valence-electron chi connectivity index (χ1n) is 4.28. The van der Waals surface area contributed by atoms with E-state index in [0.717, 1.165) is 11.5 Å². The van der Waals surface area contributed by atoms with Crippen LogP contribution in [-0.2, 0) is 16.1 Å². The van der Waals surface area contributed by atoms with E-state index in [1.807, 2.05) is 12.1 Å². The van der Waals surface area contributed by atoms with Crippen molar-refractivity contribution >= 4 is 28.4 Å². The molecule has 0 aliphatic carbocycles. The van der Waals surface area contributed by atoms with Gasteiger partial charge in [-0.1, -0.05) is 11.8 Å². The van der Waals surface area contributed by atoms with Crippen LogP contribution in [0.4, 0.5) is 0 Å². The minimum Gasteiger partial charge on any atom is -0.472 e. The highest BCUT2D eigenvalue weighted by atomic mass is 32.2. The highest BCUT2D eigenvalue weighted by molar-refractivity contribution is 8.22. The van der Waals surface area contributed by atoms with Crippen LogP contribution < -0.4 is 0 Å². The van der Waals surface area contributed by atoms with Crippen molar-refractivity contribution in [2.75, 3.05) is 12.4 Å². The van der Waals surface area contributed by atoms with E-state index in [1.165, 1.54) is 0 Å². The predicted octanol–water partition coefficient (Wildman–Crippen LogP) is 2.21. The van der Waals surface area contributed by atoms with Gasteiger partial charge in [-0.05, 0) is 24.4 Å². The fourth-order valence-corrected chi connectivity index (χ4v) is 2.16. The summed E-state index contributed by atoms with van der Waals surface area (Å²) in [5, 5.41) is 0. The van der Waals surface area contributed by atoms with Crippen LogP contribution >= 0.6 is 24.0 Å². The molecular weight excluding hydrogens is 220 g/mol. The summed E-state index contributed by atoms with van der Waals surface area (Å²) >= 11 is 6.45. The Labute approximate surface area is 91.8 Å². The van der Waals surface area contributed by atoms with Gasteiger partial charge in [-0.2, -0.15) is 0 Å². The van der Waals surface area contributed by atoms with Crippen LogP contribution in [0, 0.1) is 0 Å². The lowest BCUT2D eigenvalue weighted by molar-refractivity contribution is 0.0447. The van der Waals surface area contributed by atoms with Gasteiger partial charge >= 0.3 is 0 Å². The first kappa shape index (κ1) is 10.0. The summed E-state index contributed by atoms with van der Waals surface area (Å²) < 4.78 is 16.5. The second kappa shape index (κ2) is 4.82. The third-order valence-electron chi connectivity index (χ3n) is 1.78. The topological polar surface area (TPSA) is 31.6 Å². The van der Waals surface area contributed by atoms with E-state index in [-0.39, 0.29) is 6.10 Å². The van der Waals surface area contributed by atoms with Gasteiger partial charge in [0.25, 0.3) is 0 Å². The predicted molar refractivity (Wildman–Crippen MR) is 58.3 cm³/mol. The summed E-state index contributed by atoms with van der Waals surface area (Å²) in [7, 11) is 0. The number of hydrogen-bond donors (Lipinski definition) is 0. The van der Waals surface area contributed by atoms with E-state index >= 15 is 0 Å². The van der Waals surface area contributed by atoms with Gasteiger partial charge in [0.2, 0.25) is 4.38 Å². The standard InChI is InChI=1S/C9H10O3S2/c13-9-12-8(6-14-9)5-10-4-7-2-1-3-11-7/h1-3,8H,4-6H2. The Hall–Kier alpha value is -0.520. The summed E-state index contributed by atoms with van der Waals surface area (Å²) in [6.07, 6.45) is 1.73. The molecule has 1 aromatic rings. The average molecular weight is 230 g/mol. The molecule has 1 saturated heterocycles. The summed E-state index contributed by atoms with van der Waals surface area (Å²) in [6.45, 7) is 1.05. The van der Waals surface area contributed by atoms with E-state index in [2.05, 4.69) is 0 Å². The summed E-state index contributed by atoms with van der Waals surface area (Å²) in [5.41, 5.74) is 0. The number of hydrogen-bond acceptors (Lipinski definition) is 5. The first-order valence-corrected chi connectivity index (χ1v) is 5.67. The fraction of sp³-hybridized carbons (Fsp3) is 0.444. The Morgan fingerprint density at radius 3 is 3.21 bits per heavy atom. The maximum atomic E-state index is 5.42. The van der Waals surface area contributed by atoms with Gasteiger partial charge in [0.1, 0.15) is 18.5 Å². The van der Waals surface area contributed by atoms with Crippen molar-refractivity contribution in [2.45, 2.75) is 12.7 Å². The summed E-state index contributed by atoms with van der Waals surface area (Å²) in [6, 6.07) is 3.73. The molecule has 3 nitrogen and oxygen atoms in total. The van der Waals surface area contributed by atoms with Crippen LogP contribution in [0.15, 0.2) is 22.8 Å². The third kappa shape index (κ3) is 2.73. The molecule has 2 heterocycles. The molecule has 0 spiro atoms. The highest BCUT2D eigenvalue weighted by Gasteiger charge is 2.21. The van der Waals surface area contributed by atoms with Crippen LogP contribution in [0.25, 0.3) is 0 Å². The van der Waals surface area contributed by atoms with Gasteiger partial charge in [-0.3, -0.25) is 0 Å². The van der Waals surface area contributed by atoms with Crippen molar-refractivity contribution in [1.82, 2.24) is 0 Å².